The lowest BCUT2D eigenvalue weighted by Gasteiger charge is -2.00. The third-order valence-corrected chi connectivity index (χ3v) is 2.13. The summed E-state index contributed by atoms with van der Waals surface area (Å²) >= 11 is 11.2. The van der Waals surface area contributed by atoms with E-state index < -0.39 is 12.3 Å². The average Bonchev–Trinajstić information content (AvgIpc) is 2.27. The summed E-state index contributed by atoms with van der Waals surface area (Å²) in [5.74, 6) is -0.684. The Bertz CT molecular complexity index is 394. The van der Waals surface area contributed by atoms with E-state index in [1.54, 1.807) is 0 Å². The maximum Gasteiger partial charge on any atom is 0.344 e. The van der Waals surface area contributed by atoms with Gasteiger partial charge in [-0.2, -0.15) is 0 Å². The number of esters is 1. The van der Waals surface area contributed by atoms with Crippen LogP contribution in [0.5, 0.6) is 0 Å². The van der Waals surface area contributed by atoms with Crippen molar-refractivity contribution in [2.24, 2.45) is 0 Å². The van der Waals surface area contributed by atoms with Crippen molar-refractivity contribution in [3.8, 4) is 0 Å². The molecule has 0 aliphatic carbocycles. The van der Waals surface area contributed by atoms with Crippen molar-refractivity contribution in [3.05, 3.63) is 27.5 Å². The number of halogens is 2. The van der Waals surface area contributed by atoms with Crippen molar-refractivity contribution in [2.45, 2.75) is 6.29 Å². The molecule has 0 spiro atoms. The summed E-state index contributed by atoms with van der Waals surface area (Å²) in [5.41, 5.74) is 0.341. The molecule has 1 atom stereocenters. The first-order valence-corrected chi connectivity index (χ1v) is 4.10. The minimum atomic E-state index is -1.29. The molecule has 0 bridgehead atoms. The second-order valence-corrected chi connectivity index (χ2v) is 3.20. The summed E-state index contributed by atoms with van der Waals surface area (Å²) in [4.78, 5) is 14.7. The number of pyridine rings is 1. The van der Waals surface area contributed by atoms with Crippen molar-refractivity contribution in [2.75, 3.05) is 0 Å². The number of cyclic esters (lactones) is 1. The molecule has 2 heterocycles. The highest BCUT2D eigenvalue weighted by molar-refractivity contribution is 6.34. The molecule has 1 aromatic heterocycles. The first-order chi connectivity index (χ1) is 6.09. The third kappa shape index (κ3) is 1.27. The van der Waals surface area contributed by atoms with Crippen molar-refractivity contribution < 1.29 is 14.6 Å². The molecule has 0 fully saturated rings. The van der Waals surface area contributed by atoms with Gasteiger partial charge < -0.3 is 9.84 Å². The predicted molar refractivity (Wildman–Crippen MR) is 44.6 cm³/mol. The number of aliphatic hydroxyl groups excluding tert-OH is 1. The summed E-state index contributed by atoms with van der Waals surface area (Å²) in [7, 11) is 0. The Labute approximate surface area is 83.1 Å². The van der Waals surface area contributed by atoms with E-state index in [0.29, 0.717) is 0 Å². The monoisotopic (exact) mass is 219 g/mol. The molecular weight excluding hydrogens is 217 g/mol. The van der Waals surface area contributed by atoms with E-state index in [1.165, 1.54) is 6.07 Å². The molecule has 1 N–H and O–H groups in total. The molecule has 0 saturated heterocycles. The maximum absolute atomic E-state index is 11.1. The molecule has 1 aliphatic heterocycles. The van der Waals surface area contributed by atoms with Gasteiger partial charge >= 0.3 is 5.97 Å². The molecule has 1 aliphatic rings. The molecule has 4 nitrogen and oxygen atoms in total. The fraction of sp³-hybridized carbons (Fsp3) is 0.143. The molecule has 1 unspecified atom stereocenters. The molecule has 68 valence electrons. The third-order valence-electron chi connectivity index (χ3n) is 1.66. The first-order valence-electron chi connectivity index (χ1n) is 3.34. The summed E-state index contributed by atoms with van der Waals surface area (Å²) < 4.78 is 4.50. The van der Waals surface area contributed by atoms with E-state index in [-0.39, 0.29) is 21.4 Å². The number of fused-ring (bicyclic) bond motifs is 1. The quantitative estimate of drug-likeness (QED) is 0.532. The van der Waals surface area contributed by atoms with Crippen LogP contribution >= 0.6 is 23.2 Å². The number of hydrogen-bond donors (Lipinski definition) is 1. The van der Waals surface area contributed by atoms with E-state index in [0.717, 1.165) is 0 Å². The second-order valence-electron chi connectivity index (χ2n) is 2.46. The fourth-order valence-corrected chi connectivity index (χ4v) is 1.64. The number of rotatable bonds is 0. The van der Waals surface area contributed by atoms with Crippen molar-refractivity contribution in [3.63, 3.8) is 0 Å². The van der Waals surface area contributed by atoms with Crippen LogP contribution in [0.3, 0.4) is 0 Å². The Balaban J connectivity index is 2.69. The zero-order chi connectivity index (χ0) is 9.59. The van der Waals surface area contributed by atoms with Crippen molar-refractivity contribution >= 4 is 29.2 Å². The number of carbonyl (C=O) groups excluding carboxylic acids is 1. The van der Waals surface area contributed by atoms with Crippen LogP contribution in [0.1, 0.15) is 22.2 Å². The number of carbonyl (C=O) groups is 1. The van der Waals surface area contributed by atoms with Gasteiger partial charge in [-0.1, -0.05) is 23.2 Å². The highest BCUT2D eigenvalue weighted by Gasteiger charge is 2.33. The SMILES string of the molecule is O=C1OC(O)c2cc(Cl)nc(Cl)c21. The molecule has 1 aromatic rings. The van der Waals surface area contributed by atoms with Crippen LogP contribution in [0, 0.1) is 0 Å². The molecule has 13 heavy (non-hydrogen) atoms. The van der Waals surface area contributed by atoms with Gasteiger partial charge in [0, 0.05) is 5.56 Å². The van der Waals surface area contributed by atoms with Crippen LogP contribution in [0.2, 0.25) is 10.3 Å². The van der Waals surface area contributed by atoms with Crippen LogP contribution in [0.25, 0.3) is 0 Å². The van der Waals surface area contributed by atoms with E-state index in [1.807, 2.05) is 0 Å². The Hall–Kier alpha value is -0.840. The lowest BCUT2D eigenvalue weighted by atomic mass is 10.2. The normalized spacial score (nSPS) is 19.9. The first kappa shape index (κ1) is 8.74. The molecule has 0 saturated carbocycles. The largest absolute Gasteiger partial charge is 0.428 e. The summed E-state index contributed by atoms with van der Waals surface area (Å²) in [5, 5.41) is 9.27. The van der Waals surface area contributed by atoms with Crippen LogP contribution in [-0.2, 0) is 4.74 Å². The van der Waals surface area contributed by atoms with Crippen molar-refractivity contribution in [1.29, 1.82) is 0 Å². The van der Waals surface area contributed by atoms with E-state index in [2.05, 4.69) is 9.72 Å². The number of nitrogens with zero attached hydrogens (tertiary/aromatic N) is 1. The zero-order valence-corrected chi connectivity index (χ0v) is 7.63. The molecular formula is C7H3Cl2NO3. The van der Waals surface area contributed by atoms with Crippen LogP contribution < -0.4 is 0 Å². The number of aliphatic hydroxyl groups is 1. The number of hydrogen-bond acceptors (Lipinski definition) is 4. The van der Waals surface area contributed by atoms with Crippen LogP contribution in [-0.4, -0.2) is 16.1 Å². The number of aromatic nitrogens is 1. The van der Waals surface area contributed by atoms with Crippen LogP contribution in [0.15, 0.2) is 6.07 Å². The topological polar surface area (TPSA) is 59.4 Å². The van der Waals surface area contributed by atoms with Gasteiger partial charge in [0.1, 0.15) is 15.9 Å². The van der Waals surface area contributed by atoms with Gasteiger partial charge in [0.25, 0.3) is 0 Å². The average molecular weight is 220 g/mol. The van der Waals surface area contributed by atoms with Crippen LogP contribution in [0.4, 0.5) is 0 Å². The minimum Gasteiger partial charge on any atom is -0.428 e. The molecule has 0 amide bonds. The maximum atomic E-state index is 11.1. The lowest BCUT2D eigenvalue weighted by molar-refractivity contribution is -0.0547. The summed E-state index contributed by atoms with van der Waals surface area (Å²) in [6.07, 6.45) is -1.29. The van der Waals surface area contributed by atoms with Gasteiger partial charge in [0.05, 0.1) is 0 Å². The Morgan fingerprint density at radius 3 is 2.92 bits per heavy atom. The van der Waals surface area contributed by atoms with Crippen molar-refractivity contribution in [1.82, 2.24) is 4.98 Å². The van der Waals surface area contributed by atoms with E-state index >= 15 is 0 Å². The second kappa shape index (κ2) is 2.83. The summed E-state index contributed by atoms with van der Waals surface area (Å²) in [6, 6.07) is 1.35. The smallest absolute Gasteiger partial charge is 0.344 e. The van der Waals surface area contributed by atoms with Gasteiger partial charge in [-0.05, 0) is 6.07 Å². The molecule has 2 rings (SSSR count). The van der Waals surface area contributed by atoms with E-state index in [9.17, 15) is 9.90 Å². The standard InChI is InChI=1S/C7H3Cl2NO3/c8-3-1-2-4(5(9)10-3)7(12)13-6(2)11/h1,6,11H. The van der Waals surface area contributed by atoms with Gasteiger partial charge in [0.15, 0.2) is 0 Å². The number of ether oxygens (including phenoxy) is 1. The fourth-order valence-electron chi connectivity index (χ4n) is 1.12. The molecule has 0 aromatic carbocycles. The zero-order valence-electron chi connectivity index (χ0n) is 6.12. The van der Waals surface area contributed by atoms with E-state index in [4.69, 9.17) is 23.2 Å². The van der Waals surface area contributed by atoms with Gasteiger partial charge in [-0.25, -0.2) is 9.78 Å². The Morgan fingerprint density at radius 1 is 1.54 bits per heavy atom. The lowest BCUT2D eigenvalue weighted by Crippen LogP contribution is -1.97. The summed E-state index contributed by atoms with van der Waals surface area (Å²) in [6.45, 7) is 0. The minimum absolute atomic E-state index is 0.0518. The Morgan fingerprint density at radius 2 is 2.23 bits per heavy atom. The Kier molecular flexibility index (Phi) is 1.91. The van der Waals surface area contributed by atoms with Gasteiger partial charge in [0.2, 0.25) is 6.29 Å². The highest BCUT2D eigenvalue weighted by Crippen LogP contribution is 2.33. The van der Waals surface area contributed by atoms with Gasteiger partial charge in [-0.15, -0.1) is 0 Å². The highest BCUT2D eigenvalue weighted by atomic mass is 35.5. The molecule has 6 heteroatoms. The van der Waals surface area contributed by atoms with Gasteiger partial charge in [-0.3, -0.25) is 0 Å². The molecule has 0 radical (unpaired) electrons. The predicted octanol–water partition coefficient (Wildman–Crippen LogP) is 1.55.